The molecule has 0 amide bonds. The first kappa shape index (κ1) is 13.3. The third kappa shape index (κ3) is 2.77. The zero-order chi connectivity index (χ0) is 14.9. The number of nitrogens with one attached hydrogen (secondary N) is 2. The van der Waals surface area contributed by atoms with E-state index in [0.29, 0.717) is 23.0 Å². The zero-order valence-corrected chi connectivity index (χ0v) is 11.8. The molecule has 0 saturated heterocycles. The number of hydrogen-bond acceptors (Lipinski definition) is 6. The lowest BCUT2D eigenvalue weighted by molar-refractivity contribution is 0.568. The van der Waals surface area contributed by atoms with Crippen molar-refractivity contribution in [1.82, 2.24) is 20.2 Å². The minimum absolute atomic E-state index is 0.0148. The van der Waals surface area contributed by atoms with E-state index in [0.717, 1.165) is 0 Å². The molecule has 0 bridgehead atoms. The number of sulfonamides is 1. The summed E-state index contributed by atoms with van der Waals surface area (Å²) < 4.78 is 31.7. The van der Waals surface area contributed by atoms with Crippen LogP contribution < -0.4 is 4.72 Å². The first-order valence-electron chi connectivity index (χ1n) is 5.96. The van der Waals surface area contributed by atoms with Gasteiger partial charge in [-0.1, -0.05) is 0 Å². The molecule has 2 aromatic heterocycles. The number of nitrogens with zero attached hydrogens (tertiary/aromatic N) is 3. The number of benzene rings is 1. The van der Waals surface area contributed by atoms with Gasteiger partial charge in [0, 0.05) is 11.3 Å². The molecule has 0 aliphatic carbocycles. The van der Waals surface area contributed by atoms with Gasteiger partial charge in [0.15, 0.2) is 5.03 Å². The summed E-state index contributed by atoms with van der Waals surface area (Å²) in [7, 11) is -3.68. The molecule has 0 aliphatic heterocycles. The van der Waals surface area contributed by atoms with Crippen molar-refractivity contribution in [2.75, 3.05) is 4.72 Å². The zero-order valence-electron chi connectivity index (χ0n) is 10.9. The molecular formula is C12H11N5O3S. The van der Waals surface area contributed by atoms with Crippen LogP contribution >= 0.6 is 0 Å². The summed E-state index contributed by atoms with van der Waals surface area (Å²) in [4.78, 5) is 6.55. The molecular weight excluding hydrogens is 294 g/mol. The molecule has 1 aromatic carbocycles. The van der Waals surface area contributed by atoms with Gasteiger partial charge < -0.3 is 9.40 Å². The van der Waals surface area contributed by atoms with E-state index in [4.69, 9.17) is 4.42 Å². The summed E-state index contributed by atoms with van der Waals surface area (Å²) in [5.74, 6) is 0.899. The number of aryl methyl sites for hydroxylation is 1. The number of aromatic amines is 1. The highest BCUT2D eigenvalue weighted by Gasteiger charge is 2.16. The normalized spacial score (nSPS) is 11.5. The molecule has 9 heteroatoms. The number of rotatable bonds is 4. The summed E-state index contributed by atoms with van der Waals surface area (Å²) in [6.07, 6.45) is 2.50. The number of aromatic nitrogens is 4. The minimum Gasteiger partial charge on any atom is -0.423 e. The lowest BCUT2D eigenvalue weighted by atomic mass is 10.2. The predicted octanol–water partition coefficient (Wildman–Crippen LogP) is 1.57. The molecule has 0 atom stereocenters. The Hall–Kier alpha value is -2.68. The highest BCUT2D eigenvalue weighted by atomic mass is 32.2. The molecule has 8 nitrogen and oxygen atoms in total. The largest absolute Gasteiger partial charge is 0.423 e. The maximum atomic E-state index is 12.1. The third-order valence-corrected chi connectivity index (χ3v) is 4.00. The summed E-state index contributed by atoms with van der Waals surface area (Å²) in [6, 6.07) is 6.59. The maximum Gasteiger partial charge on any atom is 0.278 e. The van der Waals surface area contributed by atoms with Crippen molar-refractivity contribution < 1.29 is 12.8 Å². The van der Waals surface area contributed by atoms with Gasteiger partial charge in [-0.15, -0.1) is 10.2 Å². The molecule has 0 saturated carbocycles. The van der Waals surface area contributed by atoms with E-state index in [-0.39, 0.29) is 5.03 Å². The molecule has 21 heavy (non-hydrogen) atoms. The Morgan fingerprint density at radius 2 is 2.00 bits per heavy atom. The Balaban J connectivity index is 1.82. The molecule has 3 aromatic rings. The second kappa shape index (κ2) is 5.02. The van der Waals surface area contributed by atoms with Crippen molar-refractivity contribution in [3.05, 3.63) is 42.7 Å². The molecule has 2 N–H and O–H groups in total. The predicted molar refractivity (Wildman–Crippen MR) is 73.9 cm³/mol. The van der Waals surface area contributed by atoms with Gasteiger partial charge in [0.25, 0.3) is 10.0 Å². The molecule has 0 unspecified atom stereocenters. The van der Waals surface area contributed by atoms with Crippen LogP contribution in [-0.2, 0) is 10.0 Å². The van der Waals surface area contributed by atoms with Crippen LogP contribution in [-0.4, -0.2) is 28.6 Å². The average Bonchev–Trinajstić information content (AvgIpc) is 3.10. The first-order valence-corrected chi connectivity index (χ1v) is 7.44. The van der Waals surface area contributed by atoms with Crippen LogP contribution in [0, 0.1) is 6.92 Å². The van der Waals surface area contributed by atoms with Crippen LogP contribution in [0.3, 0.4) is 0 Å². The Labute approximate surface area is 120 Å². The van der Waals surface area contributed by atoms with Crippen LogP contribution in [0.4, 0.5) is 5.69 Å². The summed E-state index contributed by atoms with van der Waals surface area (Å²) in [6.45, 7) is 1.68. The van der Waals surface area contributed by atoms with Gasteiger partial charge in [0.05, 0.1) is 6.20 Å². The molecule has 0 radical (unpaired) electrons. The van der Waals surface area contributed by atoms with Crippen molar-refractivity contribution in [2.45, 2.75) is 11.9 Å². The first-order chi connectivity index (χ1) is 10.0. The minimum atomic E-state index is -3.68. The van der Waals surface area contributed by atoms with Gasteiger partial charge >= 0.3 is 0 Å². The van der Waals surface area contributed by atoms with E-state index in [1.165, 1.54) is 12.6 Å². The highest BCUT2D eigenvalue weighted by molar-refractivity contribution is 7.92. The second-order valence-electron chi connectivity index (χ2n) is 4.26. The summed E-state index contributed by atoms with van der Waals surface area (Å²) in [5, 5.41) is 7.37. The second-order valence-corrected chi connectivity index (χ2v) is 5.91. The van der Waals surface area contributed by atoms with Gasteiger partial charge in [-0.2, -0.15) is 8.42 Å². The highest BCUT2D eigenvalue weighted by Crippen LogP contribution is 2.20. The fourth-order valence-electron chi connectivity index (χ4n) is 1.72. The summed E-state index contributed by atoms with van der Waals surface area (Å²) in [5.41, 5.74) is 1.12. The van der Waals surface area contributed by atoms with Crippen molar-refractivity contribution in [1.29, 1.82) is 0 Å². The fraction of sp³-hybridized carbons (Fsp3) is 0.0833. The van der Waals surface area contributed by atoms with E-state index in [1.54, 1.807) is 31.2 Å². The van der Waals surface area contributed by atoms with E-state index in [1.807, 2.05) is 0 Å². The average molecular weight is 305 g/mol. The lowest BCUT2D eigenvalue weighted by Gasteiger charge is -2.06. The SMILES string of the molecule is Cc1ncc(S(=O)(=O)Nc2ccc(-c3nnco3)cc2)[nH]1. The van der Waals surface area contributed by atoms with Gasteiger partial charge in [-0.05, 0) is 31.2 Å². The quantitative estimate of drug-likeness (QED) is 0.756. The van der Waals surface area contributed by atoms with Gasteiger partial charge in [0.2, 0.25) is 12.3 Å². The van der Waals surface area contributed by atoms with Crippen molar-refractivity contribution in [2.24, 2.45) is 0 Å². The molecule has 108 valence electrons. The topological polar surface area (TPSA) is 114 Å². The van der Waals surface area contributed by atoms with E-state index in [9.17, 15) is 8.42 Å². The Morgan fingerprint density at radius 3 is 2.57 bits per heavy atom. The monoisotopic (exact) mass is 305 g/mol. The standard InChI is InChI=1S/C12H11N5O3S/c1-8-13-6-11(15-8)21(18,19)17-10-4-2-9(3-5-10)12-16-14-7-20-12/h2-7,17H,1H3,(H,13,15). The molecule has 2 heterocycles. The van der Waals surface area contributed by atoms with Gasteiger partial charge in [-0.25, -0.2) is 4.98 Å². The number of H-pyrrole nitrogens is 1. The van der Waals surface area contributed by atoms with Crippen molar-refractivity contribution >= 4 is 15.7 Å². The molecule has 0 spiro atoms. The van der Waals surface area contributed by atoms with Crippen LogP contribution in [0.25, 0.3) is 11.5 Å². The van der Waals surface area contributed by atoms with Crippen molar-refractivity contribution in [3.63, 3.8) is 0 Å². The summed E-state index contributed by atoms with van der Waals surface area (Å²) >= 11 is 0. The van der Waals surface area contributed by atoms with E-state index < -0.39 is 10.0 Å². The van der Waals surface area contributed by atoms with Crippen LogP contribution in [0.1, 0.15) is 5.82 Å². The number of anilines is 1. The van der Waals surface area contributed by atoms with Crippen LogP contribution in [0.2, 0.25) is 0 Å². The molecule has 0 aliphatic rings. The lowest BCUT2D eigenvalue weighted by Crippen LogP contribution is -2.13. The van der Waals surface area contributed by atoms with Gasteiger partial charge in [-0.3, -0.25) is 4.72 Å². The Kier molecular flexibility index (Phi) is 3.18. The smallest absolute Gasteiger partial charge is 0.278 e. The van der Waals surface area contributed by atoms with Crippen molar-refractivity contribution in [3.8, 4) is 11.5 Å². The van der Waals surface area contributed by atoms with E-state index >= 15 is 0 Å². The Morgan fingerprint density at radius 1 is 1.24 bits per heavy atom. The van der Waals surface area contributed by atoms with E-state index in [2.05, 4.69) is 24.9 Å². The molecule has 3 rings (SSSR count). The molecule has 0 fully saturated rings. The van der Waals surface area contributed by atoms with Gasteiger partial charge in [0.1, 0.15) is 5.82 Å². The maximum absolute atomic E-state index is 12.1. The Bertz CT molecular complexity index is 837. The van der Waals surface area contributed by atoms with Crippen LogP contribution in [0.5, 0.6) is 0 Å². The number of imidazole rings is 1. The van der Waals surface area contributed by atoms with Crippen LogP contribution in [0.15, 0.2) is 46.3 Å². The third-order valence-electron chi connectivity index (χ3n) is 2.71. The fourth-order valence-corrected chi connectivity index (χ4v) is 2.75. The number of hydrogen-bond donors (Lipinski definition) is 2.